The lowest BCUT2D eigenvalue weighted by Gasteiger charge is -2.35. The number of halogens is 1. The molecule has 0 aromatic heterocycles. The van der Waals surface area contributed by atoms with Gasteiger partial charge in [0.2, 0.25) is 0 Å². The van der Waals surface area contributed by atoms with E-state index in [2.05, 4.69) is 24.4 Å². The Bertz CT molecular complexity index is 312. The van der Waals surface area contributed by atoms with Gasteiger partial charge in [0.25, 0.3) is 0 Å². The predicted molar refractivity (Wildman–Crippen MR) is 65.4 cm³/mol. The van der Waals surface area contributed by atoms with Gasteiger partial charge in [0.15, 0.2) is 0 Å². The summed E-state index contributed by atoms with van der Waals surface area (Å²) in [6.45, 7) is 3.48. The van der Waals surface area contributed by atoms with Crippen molar-refractivity contribution < 1.29 is 0 Å². The van der Waals surface area contributed by atoms with E-state index in [9.17, 15) is 0 Å². The van der Waals surface area contributed by atoms with Gasteiger partial charge in [-0.25, -0.2) is 0 Å². The van der Waals surface area contributed by atoms with E-state index in [1.165, 1.54) is 24.8 Å². The fraction of sp³-hybridized carbons (Fsp3) is 0.538. The Labute approximate surface area is 96.8 Å². The standard InChI is InChI=1S/C13H18ClN/c1-13(8-2-3-9-15-13)10-11-4-6-12(14)7-5-11/h4-7,15H,2-3,8-10H2,1H3. The van der Waals surface area contributed by atoms with Gasteiger partial charge in [-0.3, -0.25) is 0 Å². The van der Waals surface area contributed by atoms with Gasteiger partial charge in [0, 0.05) is 10.6 Å². The van der Waals surface area contributed by atoms with Gasteiger partial charge in [0.05, 0.1) is 0 Å². The van der Waals surface area contributed by atoms with Crippen LogP contribution < -0.4 is 5.32 Å². The average Bonchev–Trinajstić information content (AvgIpc) is 2.22. The third-order valence-electron chi connectivity index (χ3n) is 3.21. The van der Waals surface area contributed by atoms with Crippen LogP contribution in [0.1, 0.15) is 31.7 Å². The van der Waals surface area contributed by atoms with Crippen LogP contribution in [-0.2, 0) is 6.42 Å². The van der Waals surface area contributed by atoms with Gasteiger partial charge in [-0.2, -0.15) is 0 Å². The van der Waals surface area contributed by atoms with Crippen molar-refractivity contribution in [2.45, 2.75) is 38.1 Å². The van der Waals surface area contributed by atoms with Crippen molar-refractivity contribution in [3.8, 4) is 0 Å². The Balaban J connectivity index is 2.03. The second kappa shape index (κ2) is 4.54. The molecule has 1 aliphatic rings. The second-order valence-corrected chi connectivity index (χ2v) is 5.18. The zero-order chi connectivity index (χ0) is 10.7. The molecule has 1 N–H and O–H groups in total. The van der Waals surface area contributed by atoms with Crippen LogP contribution in [0.15, 0.2) is 24.3 Å². The highest BCUT2D eigenvalue weighted by Crippen LogP contribution is 2.23. The summed E-state index contributed by atoms with van der Waals surface area (Å²) >= 11 is 5.87. The number of rotatable bonds is 2. The van der Waals surface area contributed by atoms with Crippen molar-refractivity contribution in [2.75, 3.05) is 6.54 Å². The van der Waals surface area contributed by atoms with E-state index in [1.54, 1.807) is 0 Å². The molecule has 1 aliphatic heterocycles. The molecule has 1 fully saturated rings. The number of benzene rings is 1. The molecule has 1 atom stereocenters. The Kier molecular flexibility index (Phi) is 3.32. The molecule has 1 unspecified atom stereocenters. The summed E-state index contributed by atoms with van der Waals surface area (Å²) in [6.07, 6.45) is 5.03. The van der Waals surface area contributed by atoms with E-state index < -0.39 is 0 Å². The Hall–Kier alpha value is -0.530. The maximum atomic E-state index is 5.87. The first kappa shape index (κ1) is 11.0. The van der Waals surface area contributed by atoms with Crippen molar-refractivity contribution in [3.63, 3.8) is 0 Å². The highest BCUT2D eigenvalue weighted by molar-refractivity contribution is 6.30. The molecular weight excluding hydrogens is 206 g/mol. The van der Waals surface area contributed by atoms with E-state index in [4.69, 9.17) is 11.6 Å². The summed E-state index contributed by atoms with van der Waals surface area (Å²) < 4.78 is 0. The molecule has 0 aliphatic carbocycles. The Morgan fingerprint density at radius 2 is 2.00 bits per heavy atom. The molecule has 0 spiro atoms. The number of hydrogen-bond acceptors (Lipinski definition) is 1. The summed E-state index contributed by atoms with van der Waals surface area (Å²) in [7, 11) is 0. The van der Waals surface area contributed by atoms with Gasteiger partial charge in [-0.1, -0.05) is 30.2 Å². The van der Waals surface area contributed by atoms with Gasteiger partial charge in [0.1, 0.15) is 0 Å². The van der Waals surface area contributed by atoms with Crippen LogP contribution in [0.5, 0.6) is 0 Å². The summed E-state index contributed by atoms with van der Waals surface area (Å²) in [5, 5.41) is 4.45. The largest absolute Gasteiger partial charge is 0.311 e. The lowest BCUT2D eigenvalue weighted by atomic mass is 9.85. The van der Waals surface area contributed by atoms with E-state index in [-0.39, 0.29) is 5.54 Å². The van der Waals surface area contributed by atoms with E-state index >= 15 is 0 Å². The molecule has 0 amide bonds. The van der Waals surface area contributed by atoms with Crippen molar-refractivity contribution in [1.82, 2.24) is 5.32 Å². The summed E-state index contributed by atoms with van der Waals surface area (Å²) in [4.78, 5) is 0. The van der Waals surface area contributed by atoms with Crippen LogP contribution in [0.4, 0.5) is 0 Å². The normalized spacial score (nSPS) is 26.5. The van der Waals surface area contributed by atoms with Crippen molar-refractivity contribution in [1.29, 1.82) is 0 Å². The molecule has 82 valence electrons. The number of piperidine rings is 1. The molecule has 0 radical (unpaired) electrons. The average molecular weight is 224 g/mol. The first-order valence-electron chi connectivity index (χ1n) is 5.67. The number of hydrogen-bond donors (Lipinski definition) is 1. The predicted octanol–water partition coefficient (Wildman–Crippen LogP) is 3.41. The minimum atomic E-state index is 0.284. The van der Waals surface area contributed by atoms with Gasteiger partial charge in [-0.05, 0) is 50.4 Å². The Morgan fingerprint density at radius 1 is 1.27 bits per heavy atom. The van der Waals surface area contributed by atoms with E-state index in [1.807, 2.05) is 12.1 Å². The minimum Gasteiger partial charge on any atom is -0.311 e. The highest BCUT2D eigenvalue weighted by Gasteiger charge is 2.25. The molecule has 1 aromatic carbocycles. The molecule has 1 heterocycles. The molecule has 1 saturated heterocycles. The molecule has 2 heteroatoms. The molecule has 2 rings (SSSR count). The topological polar surface area (TPSA) is 12.0 Å². The van der Waals surface area contributed by atoms with Crippen molar-refractivity contribution in [2.24, 2.45) is 0 Å². The Morgan fingerprint density at radius 3 is 2.60 bits per heavy atom. The summed E-state index contributed by atoms with van der Waals surface area (Å²) in [5.41, 5.74) is 1.66. The first-order valence-corrected chi connectivity index (χ1v) is 6.05. The molecule has 15 heavy (non-hydrogen) atoms. The quantitative estimate of drug-likeness (QED) is 0.810. The molecular formula is C13H18ClN. The minimum absolute atomic E-state index is 0.284. The van der Waals surface area contributed by atoms with E-state index in [0.717, 1.165) is 18.0 Å². The fourth-order valence-electron chi connectivity index (χ4n) is 2.32. The monoisotopic (exact) mass is 223 g/mol. The zero-order valence-corrected chi connectivity index (χ0v) is 9.98. The first-order chi connectivity index (χ1) is 7.18. The van der Waals surface area contributed by atoms with Crippen LogP contribution in [0, 0.1) is 0 Å². The van der Waals surface area contributed by atoms with Crippen LogP contribution in [0.3, 0.4) is 0 Å². The van der Waals surface area contributed by atoms with Crippen molar-refractivity contribution in [3.05, 3.63) is 34.9 Å². The van der Waals surface area contributed by atoms with Crippen LogP contribution in [0.2, 0.25) is 5.02 Å². The molecule has 0 bridgehead atoms. The highest BCUT2D eigenvalue weighted by atomic mass is 35.5. The summed E-state index contributed by atoms with van der Waals surface area (Å²) in [5.74, 6) is 0. The van der Waals surface area contributed by atoms with Crippen molar-refractivity contribution >= 4 is 11.6 Å². The van der Waals surface area contributed by atoms with Crippen LogP contribution >= 0.6 is 11.6 Å². The maximum absolute atomic E-state index is 5.87. The smallest absolute Gasteiger partial charge is 0.0406 e. The van der Waals surface area contributed by atoms with Gasteiger partial charge in [-0.15, -0.1) is 0 Å². The fourth-order valence-corrected chi connectivity index (χ4v) is 2.45. The third kappa shape index (κ3) is 2.96. The maximum Gasteiger partial charge on any atom is 0.0406 e. The van der Waals surface area contributed by atoms with Gasteiger partial charge >= 0.3 is 0 Å². The van der Waals surface area contributed by atoms with Crippen LogP contribution in [-0.4, -0.2) is 12.1 Å². The SMILES string of the molecule is CC1(Cc2ccc(Cl)cc2)CCCCN1. The lowest BCUT2D eigenvalue weighted by Crippen LogP contribution is -2.47. The molecule has 1 aromatic rings. The number of nitrogens with one attached hydrogen (secondary N) is 1. The van der Waals surface area contributed by atoms with E-state index in [0.29, 0.717) is 0 Å². The summed E-state index contributed by atoms with van der Waals surface area (Å²) in [6, 6.07) is 8.21. The molecule has 1 nitrogen and oxygen atoms in total. The van der Waals surface area contributed by atoms with Crippen LogP contribution in [0.25, 0.3) is 0 Å². The van der Waals surface area contributed by atoms with Gasteiger partial charge < -0.3 is 5.32 Å². The molecule has 0 saturated carbocycles. The third-order valence-corrected chi connectivity index (χ3v) is 3.47. The lowest BCUT2D eigenvalue weighted by molar-refractivity contribution is 0.276. The second-order valence-electron chi connectivity index (χ2n) is 4.75. The zero-order valence-electron chi connectivity index (χ0n) is 9.22.